The Balaban J connectivity index is 2.75. The second-order valence-electron chi connectivity index (χ2n) is 4.46. The Morgan fingerprint density at radius 1 is 1.24 bits per heavy atom. The van der Waals surface area contributed by atoms with E-state index in [0.29, 0.717) is 18.4 Å². The van der Waals surface area contributed by atoms with Crippen LogP contribution in [0.25, 0.3) is 0 Å². The summed E-state index contributed by atoms with van der Waals surface area (Å²) in [5, 5.41) is 0. The summed E-state index contributed by atoms with van der Waals surface area (Å²) in [5.41, 5.74) is 1.01. The molecule has 0 fully saturated rings. The maximum absolute atomic E-state index is 5.88. The van der Waals surface area contributed by atoms with E-state index < -0.39 is 0 Å². The summed E-state index contributed by atoms with van der Waals surface area (Å²) in [6, 6.07) is 5.83. The second-order valence-corrected chi connectivity index (χ2v) is 4.72. The minimum absolute atomic E-state index is 0.460. The molecule has 0 heterocycles. The largest absolute Gasteiger partial charge is 0.493 e. The lowest BCUT2D eigenvalue weighted by atomic mass is 10.2. The first-order valence-corrected chi connectivity index (χ1v) is 6.65. The first kappa shape index (κ1) is 14.2. The SMILES string of the molecule is CCCOc1ccc(CCl)c(OCC(C)C)c1. The molecule has 1 aromatic rings. The zero-order chi connectivity index (χ0) is 12.7. The van der Waals surface area contributed by atoms with E-state index in [9.17, 15) is 0 Å². The van der Waals surface area contributed by atoms with E-state index in [4.69, 9.17) is 21.1 Å². The summed E-state index contributed by atoms with van der Waals surface area (Å²) in [6.45, 7) is 7.75. The third-order valence-electron chi connectivity index (χ3n) is 2.23. The molecule has 0 aromatic heterocycles. The molecule has 0 atom stereocenters. The standard InChI is InChI=1S/C14H21ClO2/c1-4-7-16-13-6-5-12(9-15)14(8-13)17-10-11(2)3/h5-6,8,11H,4,7,9-10H2,1-3H3. The maximum atomic E-state index is 5.88. The zero-order valence-electron chi connectivity index (χ0n) is 10.8. The van der Waals surface area contributed by atoms with Gasteiger partial charge in [-0.05, 0) is 18.4 Å². The van der Waals surface area contributed by atoms with Gasteiger partial charge in [-0.3, -0.25) is 0 Å². The number of hydrogen-bond acceptors (Lipinski definition) is 2. The van der Waals surface area contributed by atoms with Gasteiger partial charge in [0.2, 0.25) is 0 Å². The summed E-state index contributed by atoms with van der Waals surface area (Å²) in [5.74, 6) is 2.64. The van der Waals surface area contributed by atoms with Crippen LogP contribution in [0.5, 0.6) is 11.5 Å². The maximum Gasteiger partial charge on any atom is 0.127 e. The Kier molecular flexibility index (Phi) is 6.20. The number of ether oxygens (including phenoxy) is 2. The summed E-state index contributed by atoms with van der Waals surface area (Å²) in [4.78, 5) is 0. The van der Waals surface area contributed by atoms with Crippen LogP contribution in [0.15, 0.2) is 18.2 Å². The molecule has 1 rings (SSSR count). The fourth-order valence-electron chi connectivity index (χ4n) is 1.35. The molecule has 0 aliphatic rings. The predicted molar refractivity (Wildman–Crippen MR) is 72.1 cm³/mol. The van der Waals surface area contributed by atoms with Crippen LogP contribution >= 0.6 is 11.6 Å². The van der Waals surface area contributed by atoms with Gasteiger partial charge in [-0.2, -0.15) is 0 Å². The van der Waals surface area contributed by atoms with Crippen LogP contribution in [0.4, 0.5) is 0 Å². The average Bonchev–Trinajstić information content (AvgIpc) is 2.33. The Morgan fingerprint density at radius 2 is 2.00 bits per heavy atom. The quantitative estimate of drug-likeness (QED) is 0.679. The van der Waals surface area contributed by atoms with Crippen molar-refractivity contribution in [2.24, 2.45) is 5.92 Å². The number of hydrogen-bond donors (Lipinski definition) is 0. The van der Waals surface area contributed by atoms with Crippen LogP contribution in [0.1, 0.15) is 32.8 Å². The van der Waals surface area contributed by atoms with Crippen LogP contribution in [0.3, 0.4) is 0 Å². The monoisotopic (exact) mass is 256 g/mol. The summed E-state index contributed by atoms with van der Waals surface area (Å²) >= 11 is 5.88. The van der Waals surface area contributed by atoms with Crippen molar-refractivity contribution in [3.05, 3.63) is 23.8 Å². The van der Waals surface area contributed by atoms with E-state index in [1.807, 2.05) is 18.2 Å². The van der Waals surface area contributed by atoms with E-state index in [1.54, 1.807) is 0 Å². The molecule has 0 radical (unpaired) electrons. The zero-order valence-corrected chi connectivity index (χ0v) is 11.6. The molecule has 96 valence electrons. The minimum atomic E-state index is 0.460. The van der Waals surface area contributed by atoms with Gasteiger partial charge < -0.3 is 9.47 Å². The van der Waals surface area contributed by atoms with Gasteiger partial charge in [0.1, 0.15) is 11.5 Å². The smallest absolute Gasteiger partial charge is 0.127 e. The first-order chi connectivity index (χ1) is 8.17. The number of rotatable bonds is 7. The van der Waals surface area contributed by atoms with Crippen molar-refractivity contribution in [2.75, 3.05) is 13.2 Å². The molecule has 1 aromatic carbocycles. The molecule has 3 heteroatoms. The van der Waals surface area contributed by atoms with Crippen LogP contribution in [-0.4, -0.2) is 13.2 Å². The van der Waals surface area contributed by atoms with Crippen molar-refractivity contribution in [1.82, 2.24) is 0 Å². The van der Waals surface area contributed by atoms with Crippen molar-refractivity contribution >= 4 is 11.6 Å². The highest BCUT2D eigenvalue weighted by atomic mass is 35.5. The van der Waals surface area contributed by atoms with Gasteiger partial charge in [0.05, 0.1) is 19.1 Å². The molecule has 17 heavy (non-hydrogen) atoms. The van der Waals surface area contributed by atoms with Crippen molar-refractivity contribution < 1.29 is 9.47 Å². The van der Waals surface area contributed by atoms with Crippen LogP contribution < -0.4 is 9.47 Å². The van der Waals surface area contributed by atoms with Crippen molar-refractivity contribution in [2.45, 2.75) is 33.1 Å². The summed E-state index contributed by atoms with van der Waals surface area (Å²) in [7, 11) is 0. The molecule has 0 aliphatic heterocycles. The number of benzene rings is 1. The number of alkyl halides is 1. The van der Waals surface area contributed by atoms with E-state index in [0.717, 1.165) is 30.1 Å². The lowest BCUT2D eigenvalue weighted by Gasteiger charge is -2.13. The number of halogens is 1. The lowest BCUT2D eigenvalue weighted by molar-refractivity contribution is 0.265. The molecule has 0 amide bonds. The molecular weight excluding hydrogens is 236 g/mol. The van der Waals surface area contributed by atoms with E-state index >= 15 is 0 Å². The van der Waals surface area contributed by atoms with Crippen LogP contribution in [0, 0.1) is 5.92 Å². The van der Waals surface area contributed by atoms with E-state index in [-0.39, 0.29) is 0 Å². The molecule has 0 unspecified atom stereocenters. The Labute approximate surface area is 109 Å². The molecule has 2 nitrogen and oxygen atoms in total. The highest BCUT2D eigenvalue weighted by molar-refractivity contribution is 6.17. The van der Waals surface area contributed by atoms with Gasteiger partial charge in [-0.1, -0.05) is 26.8 Å². The van der Waals surface area contributed by atoms with Gasteiger partial charge >= 0.3 is 0 Å². The molecule has 0 saturated carbocycles. The predicted octanol–water partition coefficient (Wildman–Crippen LogP) is 4.25. The first-order valence-electron chi connectivity index (χ1n) is 6.11. The third kappa shape index (κ3) is 4.86. The minimum Gasteiger partial charge on any atom is -0.493 e. The molecule has 0 N–H and O–H groups in total. The van der Waals surface area contributed by atoms with Gasteiger partial charge in [0.25, 0.3) is 0 Å². The second kappa shape index (κ2) is 7.44. The van der Waals surface area contributed by atoms with E-state index in [1.165, 1.54) is 0 Å². The highest BCUT2D eigenvalue weighted by Gasteiger charge is 2.06. The molecule has 0 spiro atoms. The van der Waals surface area contributed by atoms with Crippen LogP contribution in [-0.2, 0) is 5.88 Å². The normalized spacial score (nSPS) is 10.6. The Morgan fingerprint density at radius 3 is 2.59 bits per heavy atom. The summed E-state index contributed by atoms with van der Waals surface area (Å²) in [6.07, 6.45) is 0.999. The van der Waals surface area contributed by atoms with Gasteiger partial charge in [0.15, 0.2) is 0 Å². The summed E-state index contributed by atoms with van der Waals surface area (Å²) < 4.78 is 11.3. The van der Waals surface area contributed by atoms with Gasteiger partial charge in [-0.25, -0.2) is 0 Å². The fourth-order valence-corrected chi connectivity index (χ4v) is 1.57. The topological polar surface area (TPSA) is 18.5 Å². The van der Waals surface area contributed by atoms with E-state index in [2.05, 4.69) is 20.8 Å². The van der Waals surface area contributed by atoms with Crippen LogP contribution in [0.2, 0.25) is 0 Å². The lowest BCUT2D eigenvalue weighted by Crippen LogP contribution is -2.06. The van der Waals surface area contributed by atoms with Crippen molar-refractivity contribution in [3.8, 4) is 11.5 Å². The highest BCUT2D eigenvalue weighted by Crippen LogP contribution is 2.26. The molecule has 0 bridgehead atoms. The molecule has 0 aliphatic carbocycles. The van der Waals surface area contributed by atoms with Gasteiger partial charge in [0, 0.05) is 11.6 Å². The molecular formula is C14H21ClO2. The Bertz CT molecular complexity index is 337. The van der Waals surface area contributed by atoms with Gasteiger partial charge in [-0.15, -0.1) is 11.6 Å². The van der Waals surface area contributed by atoms with Crippen molar-refractivity contribution in [3.63, 3.8) is 0 Å². The average molecular weight is 257 g/mol. The fraction of sp³-hybridized carbons (Fsp3) is 0.571. The van der Waals surface area contributed by atoms with Crippen molar-refractivity contribution in [1.29, 1.82) is 0 Å². The third-order valence-corrected chi connectivity index (χ3v) is 2.52. The molecule has 0 saturated heterocycles. The Hall–Kier alpha value is -0.890.